The summed E-state index contributed by atoms with van der Waals surface area (Å²) in [7, 11) is 0. The molecule has 1 heterocycles. The van der Waals surface area contributed by atoms with E-state index in [2.05, 4.69) is 16.5 Å². The van der Waals surface area contributed by atoms with E-state index in [0.717, 1.165) is 16.8 Å². The lowest BCUT2D eigenvalue weighted by Crippen LogP contribution is -1.99. The number of nitrogens with two attached hydrogens (primary N) is 1. The van der Waals surface area contributed by atoms with Crippen LogP contribution in [0.5, 0.6) is 0 Å². The van der Waals surface area contributed by atoms with Crippen molar-refractivity contribution in [1.82, 2.24) is 9.97 Å². The Kier molecular flexibility index (Phi) is 1.89. The van der Waals surface area contributed by atoms with Crippen molar-refractivity contribution >= 4 is 11.4 Å². The molecule has 0 aliphatic heterocycles. The van der Waals surface area contributed by atoms with E-state index < -0.39 is 0 Å². The van der Waals surface area contributed by atoms with Crippen LogP contribution in [0.3, 0.4) is 0 Å². The molecule has 11 heavy (non-hydrogen) atoms. The van der Waals surface area contributed by atoms with Crippen molar-refractivity contribution in [3.63, 3.8) is 0 Å². The number of aryl methyl sites for hydroxylation is 1. The fraction of sp³-hybridized carbons (Fsp3) is 0.250. The molecule has 0 bridgehead atoms. The maximum absolute atomic E-state index is 5.61. The van der Waals surface area contributed by atoms with Crippen LogP contribution in [0.1, 0.15) is 18.2 Å². The van der Waals surface area contributed by atoms with Gasteiger partial charge in [0.2, 0.25) is 0 Å². The van der Waals surface area contributed by atoms with Crippen LogP contribution in [0.2, 0.25) is 0 Å². The van der Waals surface area contributed by atoms with Crippen LogP contribution in [0.4, 0.5) is 5.82 Å². The molecule has 0 radical (unpaired) electrons. The van der Waals surface area contributed by atoms with E-state index in [0.29, 0.717) is 5.82 Å². The molecule has 0 saturated carbocycles. The van der Waals surface area contributed by atoms with Gasteiger partial charge in [-0.2, -0.15) is 0 Å². The molecule has 0 saturated heterocycles. The van der Waals surface area contributed by atoms with Crippen LogP contribution >= 0.6 is 0 Å². The molecule has 0 aliphatic rings. The normalized spacial score (nSPS) is 9.64. The van der Waals surface area contributed by atoms with Crippen molar-refractivity contribution in [2.45, 2.75) is 13.8 Å². The van der Waals surface area contributed by atoms with Gasteiger partial charge in [0.25, 0.3) is 0 Å². The van der Waals surface area contributed by atoms with Crippen molar-refractivity contribution in [2.75, 3.05) is 5.73 Å². The standard InChI is InChI=1S/C8H11N3/c1-5(2)7-6(3)10-4-11-8(7)9/h4H,1H2,2-3H3,(H2,9,10,11). The monoisotopic (exact) mass is 149 g/mol. The predicted molar refractivity (Wildman–Crippen MR) is 45.9 cm³/mol. The van der Waals surface area contributed by atoms with Crippen LogP contribution < -0.4 is 5.73 Å². The summed E-state index contributed by atoms with van der Waals surface area (Å²) in [4.78, 5) is 7.88. The number of allylic oxidation sites excluding steroid dienone is 1. The lowest BCUT2D eigenvalue weighted by molar-refractivity contribution is 1.09. The minimum atomic E-state index is 0.505. The van der Waals surface area contributed by atoms with Gasteiger partial charge in [-0.15, -0.1) is 0 Å². The van der Waals surface area contributed by atoms with E-state index >= 15 is 0 Å². The first-order valence-electron chi connectivity index (χ1n) is 3.36. The van der Waals surface area contributed by atoms with Crippen molar-refractivity contribution in [2.24, 2.45) is 0 Å². The Balaban J connectivity index is 3.32. The second kappa shape index (κ2) is 2.70. The van der Waals surface area contributed by atoms with Gasteiger partial charge >= 0.3 is 0 Å². The second-order valence-corrected chi connectivity index (χ2v) is 2.50. The first-order chi connectivity index (χ1) is 5.13. The highest BCUT2D eigenvalue weighted by Crippen LogP contribution is 2.18. The first kappa shape index (κ1) is 7.72. The van der Waals surface area contributed by atoms with E-state index in [1.807, 2.05) is 13.8 Å². The lowest BCUT2D eigenvalue weighted by atomic mass is 10.1. The SMILES string of the molecule is C=C(C)c1c(C)ncnc1N. The Morgan fingerprint density at radius 3 is 2.55 bits per heavy atom. The summed E-state index contributed by atoms with van der Waals surface area (Å²) in [5.74, 6) is 0.505. The van der Waals surface area contributed by atoms with Gasteiger partial charge in [-0.05, 0) is 19.4 Å². The molecule has 1 aromatic rings. The topological polar surface area (TPSA) is 51.8 Å². The van der Waals surface area contributed by atoms with E-state index in [9.17, 15) is 0 Å². The van der Waals surface area contributed by atoms with E-state index in [4.69, 9.17) is 5.73 Å². The summed E-state index contributed by atoms with van der Waals surface area (Å²) in [6, 6.07) is 0. The average Bonchev–Trinajstić information content (AvgIpc) is 1.85. The molecule has 0 unspecified atom stereocenters. The van der Waals surface area contributed by atoms with Gasteiger partial charge in [-0.3, -0.25) is 0 Å². The molecule has 1 aromatic heterocycles. The highest BCUT2D eigenvalue weighted by molar-refractivity contribution is 5.71. The van der Waals surface area contributed by atoms with Crippen molar-refractivity contribution < 1.29 is 0 Å². The van der Waals surface area contributed by atoms with Crippen LogP contribution in [0.15, 0.2) is 12.9 Å². The number of aromatic nitrogens is 2. The molecule has 0 aromatic carbocycles. The first-order valence-corrected chi connectivity index (χ1v) is 3.36. The number of hydrogen-bond donors (Lipinski definition) is 1. The Labute approximate surface area is 66.0 Å². The van der Waals surface area contributed by atoms with Gasteiger partial charge < -0.3 is 5.73 Å². The minimum absolute atomic E-state index is 0.505. The fourth-order valence-corrected chi connectivity index (χ4v) is 1.02. The fourth-order valence-electron chi connectivity index (χ4n) is 1.02. The second-order valence-electron chi connectivity index (χ2n) is 2.50. The summed E-state index contributed by atoms with van der Waals surface area (Å²) in [5, 5.41) is 0. The third-order valence-corrected chi connectivity index (χ3v) is 1.49. The Morgan fingerprint density at radius 2 is 2.18 bits per heavy atom. The average molecular weight is 149 g/mol. The zero-order valence-corrected chi connectivity index (χ0v) is 6.76. The zero-order chi connectivity index (χ0) is 8.43. The lowest BCUT2D eigenvalue weighted by Gasteiger charge is -2.05. The number of rotatable bonds is 1. The Hall–Kier alpha value is -1.38. The van der Waals surface area contributed by atoms with Gasteiger partial charge in [-0.25, -0.2) is 9.97 Å². The van der Waals surface area contributed by atoms with Gasteiger partial charge in [0, 0.05) is 5.56 Å². The van der Waals surface area contributed by atoms with Crippen LogP contribution in [0.25, 0.3) is 5.57 Å². The van der Waals surface area contributed by atoms with E-state index in [1.54, 1.807) is 0 Å². The van der Waals surface area contributed by atoms with Gasteiger partial charge in [0.15, 0.2) is 0 Å². The molecule has 0 spiro atoms. The maximum atomic E-state index is 5.61. The highest BCUT2D eigenvalue weighted by Gasteiger charge is 2.04. The van der Waals surface area contributed by atoms with E-state index in [-0.39, 0.29) is 0 Å². The quantitative estimate of drug-likeness (QED) is 0.656. The summed E-state index contributed by atoms with van der Waals surface area (Å²) >= 11 is 0. The molecule has 0 fully saturated rings. The van der Waals surface area contributed by atoms with Crippen molar-refractivity contribution in [3.8, 4) is 0 Å². The molecular weight excluding hydrogens is 138 g/mol. The summed E-state index contributed by atoms with van der Waals surface area (Å²) < 4.78 is 0. The van der Waals surface area contributed by atoms with E-state index in [1.165, 1.54) is 6.33 Å². The molecule has 3 nitrogen and oxygen atoms in total. The largest absolute Gasteiger partial charge is 0.383 e. The number of hydrogen-bond acceptors (Lipinski definition) is 3. The van der Waals surface area contributed by atoms with Crippen LogP contribution in [-0.4, -0.2) is 9.97 Å². The maximum Gasteiger partial charge on any atom is 0.134 e. The zero-order valence-electron chi connectivity index (χ0n) is 6.76. The molecule has 58 valence electrons. The smallest absolute Gasteiger partial charge is 0.134 e. The third-order valence-electron chi connectivity index (χ3n) is 1.49. The van der Waals surface area contributed by atoms with Gasteiger partial charge in [0.1, 0.15) is 12.1 Å². The molecule has 0 atom stereocenters. The Bertz CT molecular complexity index is 271. The highest BCUT2D eigenvalue weighted by atomic mass is 14.9. The third kappa shape index (κ3) is 1.37. The number of anilines is 1. The summed E-state index contributed by atoms with van der Waals surface area (Å²) in [5.41, 5.74) is 8.26. The van der Waals surface area contributed by atoms with Crippen LogP contribution in [-0.2, 0) is 0 Å². The Morgan fingerprint density at radius 1 is 1.55 bits per heavy atom. The minimum Gasteiger partial charge on any atom is -0.383 e. The van der Waals surface area contributed by atoms with Crippen LogP contribution in [0, 0.1) is 6.92 Å². The predicted octanol–water partition coefficient (Wildman–Crippen LogP) is 1.40. The molecular formula is C8H11N3. The van der Waals surface area contributed by atoms with Crippen molar-refractivity contribution in [3.05, 3.63) is 24.2 Å². The molecule has 0 amide bonds. The van der Waals surface area contributed by atoms with Gasteiger partial charge in [-0.1, -0.05) is 6.58 Å². The van der Waals surface area contributed by atoms with Crippen molar-refractivity contribution in [1.29, 1.82) is 0 Å². The summed E-state index contributed by atoms with van der Waals surface area (Å²) in [6.45, 7) is 7.57. The molecule has 2 N–H and O–H groups in total. The molecule has 3 heteroatoms. The number of nitrogen functional groups attached to an aromatic ring is 1. The summed E-state index contributed by atoms with van der Waals surface area (Å²) in [6.07, 6.45) is 1.46. The number of nitrogens with zero attached hydrogens (tertiary/aromatic N) is 2. The van der Waals surface area contributed by atoms with Gasteiger partial charge in [0.05, 0.1) is 5.69 Å². The molecule has 0 aliphatic carbocycles. The molecule has 1 rings (SSSR count).